The Morgan fingerprint density at radius 3 is 2.60 bits per heavy atom. The van der Waals surface area contributed by atoms with Crippen LogP contribution in [0, 0.1) is 0 Å². The number of ether oxygens (including phenoxy) is 1. The van der Waals surface area contributed by atoms with Crippen LogP contribution in [0.25, 0.3) is 0 Å². The molecule has 20 heavy (non-hydrogen) atoms. The fourth-order valence-electron chi connectivity index (χ4n) is 1.70. The number of nitrogens with two attached hydrogens (primary N) is 1. The number of nitrogens with zero attached hydrogens (tertiary/aromatic N) is 1. The van der Waals surface area contributed by atoms with Crippen molar-refractivity contribution in [1.82, 2.24) is 10.2 Å². The van der Waals surface area contributed by atoms with Gasteiger partial charge < -0.3 is 20.7 Å². The quantitative estimate of drug-likeness (QED) is 0.783. The standard InChI is InChI=1S/C14H21N3O3/c1-5-17(3)14(19)9(2)16-13(18)10-6-11(15)8-12(7-10)20-4/h6-9H,5,15H2,1-4H3,(H,16,18). The van der Waals surface area contributed by atoms with Gasteiger partial charge in [-0.2, -0.15) is 0 Å². The van der Waals surface area contributed by atoms with Gasteiger partial charge in [-0.05, 0) is 26.0 Å². The number of hydrogen-bond donors (Lipinski definition) is 2. The Labute approximate surface area is 118 Å². The van der Waals surface area contributed by atoms with E-state index in [1.807, 2.05) is 6.92 Å². The second kappa shape index (κ2) is 6.79. The normalized spacial score (nSPS) is 11.6. The molecule has 3 N–H and O–H groups in total. The van der Waals surface area contributed by atoms with Gasteiger partial charge in [-0.25, -0.2) is 0 Å². The van der Waals surface area contributed by atoms with Crippen LogP contribution in [0.15, 0.2) is 18.2 Å². The molecular weight excluding hydrogens is 258 g/mol. The number of rotatable bonds is 5. The van der Waals surface area contributed by atoms with E-state index in [1.54, 1.807) is 37.1 Å². The van der Waals surface area contributed by atoms with Gasteiger partial charge in [0.15, 0.2) is 0 Å². The lowest BCUT2D eigenvalue weighted by molar-refractivity contribution is -0.131. The Balaban J connectivity index is 2.81. The van der Waals surface area contributed by atoms with Crippen molar-refractivity contribution in [1.29, 1.82) is 0 Å². The predicted molar refractivity (Wildman–Crippen MR) is 77.6 cm³/mol. The third-order valence-electron chi connectivity index (χ3n) is 3.00. The highest BCUT2D eigenvalue weighted by Crippen LogP contribution is 2.18. The fourth-order valence-corrected chi connectivity index (χ4v) is 1.70. The van der Waals surface area contributed by atoms with E-state index in [1.165, 1.54) is 7.11 Å². The molecule has 0 heterocycles. The van der Waals surface area contributed by atoms with Crippen molar-refractivity contribution >= 4 is 17.5 Å². The van der Waals surface area contributed by atoms with E-state index in [0.29, 0.717) is 23.5 Å². The van der Waals surface area contributed by atoms with Crippen LogP contribution in [0.1, 0.15) is 24.2 Å². The highest BCUT2D eigenvalue weighted by molar-refractivity contribution is 5.98. The summed E-state index contributed by atoms with van der Waals surface area (Å²) in [6.07, 6.45) is 0. The predicted octanol–water partition coefficient (Wildman–Crippen LogP) is 0.874. The number of methoxy groups -OCH3 is 1. The molecule has 0 spiro atoms. The Hall–Kier alpha value is -2.24. The fraction of sp³-hybridized carbons (Fsp3) is 0.429. The van der Waals surface area contributed by atoms with Gasteiger partial charge in [0.2, 0.25) is 5.91 Å². The maximum atomic E-state index is 12.1. The molecule has 1 atom stereocenters. The average molecular weight is 279 g/mol. The number of likely N-dealkylation sites (N-methyl/N-ethyl adjacent to an activating group) is 1. The number of hydrogen-bond acceptors (Lipinski definition) is 4. The van der Waals surface area contributed by atoms with Crippen molar-refractivity contribution in [2.45, 2.75) is 19.9 Å². The summed E-state index contributed by atoms with van der Waals surface area (Å²) in [6.45, 7) is 4.11. The molecule has 0 radical (unpaired) electrons. The van der Waals surface area contributed by atoms with E-state index >= 15 is 0 Å². The summed E-state index contributed by atoms with van der Waals surface area (Å²) in [7, 11) is 3.19. The molecule has 0 aromatic heterocycles. The van der Waals surface area contributed by atoms with Crippen molar-refractivity contribution in [2.24, 2.45) is 0 Å². The van der Waals surface area contributed by atoms with E-state index in [-0.39, 0.29) is 11.8 Å². The molecule has 0 saturated carbocycles. The summed E-state index contributed by atoms with van der Waals surface area (Å²) in [6, 6.07) is 4.14. The van der Waals surface area contributed by atoms with E-state index in [9.17, 15) is 9.59 Å². The minimum atomic E-state index is -0.597. The van der Waals surface area contributed by atoms with Gasteiger partial charge in [-0.3, -0.25) is 9.59 Å². The van der Waals surface area contributed by atoms with Crippen molar-refractivity contribution in [2.75, 3.05) is 26.4 Å². The third kappa shape index (κ3) is 3.88. The van der Waals surface area contributed by atoms with Crippen LogP contribution in [0.3, 0.4) is 0 Å². The first-order valence-electron chi connectivity index (χ1n) is 6.39. The molecule has 0 saturated heterocycles. The summed E-state index contributed by atoms with van der Waals surface area (Å²) in [4.78, 5) is 25.5. The summed E-state index contributed by atoms with van der Waals surface area (Å²) in [5.74, 6) is -0.00234. The van der Waals surface area contributed by atoms with Crippen LogP contribution in [0.2, 0.25) is 0 Å². The van der Waals surface area contributed by atoms with Gasteiger partial charge in [0.05, 0.1) is 7.11 Å². The lowest BCUT2D eigenvalue weighted by Gasteiger charge is -2.20. The Morgan fingerprint density at radius 2 is 2.05 bits per heavy atom. The van der Waals surface area contributed by atoms with Gasteiger partial charge in [0.25, 0.3) is 5.91 Å². The van der Waals surface area contributed by atoms with Gasteiger partial charge in [0, 0.05) is 30.9 Å². The van der Waals surface area contributed by atoms with Crippen LogP contribution >= 0.6 is 0 Å². The van der Waals surface area contributed by atoms with Gasteiger partial charge in [0.1, 0.15) is 11.8 Å². The zero-order chi connectivity index (χ0) is 15.3. The van der Waals surface area contributed by atoms with Gasteiger partial charge in [-0.1, -0.05) is 0 Å². The van der Waals surface area contributed by atoms with Crippen molar-refractivity contribution in [3.05, 3.63) is 23.8 Å². The van der Waals surface area contributed by atoms with Crippen molar-refractivity contribution < 1.29 is 14.3 Å². The van der Waals surface area contributed by atoms with Crippen LogP contribution < -0.4 is 15.8 Å². The molecule has 110 valence electrons. The van der Waals surface area contributed by atoms with Gasteiger partial charge >= 0.3 is 0 Å². The van der Waals surface area contributed by atoms with Crippen LogP contribution in [-0.4, -0.2) is 43.5 Å². The molecule has 6 heteroatoms. The molecule has 2 amide bonds. The SMILES string of the molecule is CCN(C)C(=O)C(C)NC(=O)c1cc(N)cc(OC)c1. The largest absolute Gasteiger partial charge is 0.497 e. The molecule has 1 rings (SSSR count). The molecule has 1 aromatic carbocycles. The molecule has 0 fully saturated rings. The monoisotopic (exact) mass is 279 g/mol. The topological polar surface area (TPSA) is 84.7 Å². The summed E-state index contributed by atoms with van der Waals surface area (Å²) in [5.41, 5.74) is 6.49. The molecule has 0 aliphatic rings. The number of anilines is 1. The molecule has 0 aliphatic carbocycles. The minimum absolute atomic E-state index is 0.142. The van der Waals surface area contributed by atoms with E-state index in [0.717, 1.165) is 0 Å². The number of carbonyl (C=O) groups excluding carboxylic acids is 2. The van der Waals surface area contributed by atoms with Crippen molar-refractivity contribution in [3.8, 4) is 5.75 Å². The maximum Gasteiger partial charge on any atom is 0.252 e. The Morgan fingerprint density at radius 1 is 1.40 bits per heavy atom. The maximum absolute atomic E-state index is 12.1. The number of amides is 2. The molecule has 0 aliphatic heterocycles. The number of nitrogens with one attached hydrogen (secondary N) is 1. The molecule has 0 bridgehead atoms. The first kappa shape index (κ1) is 15.8. The summed E-state index contributed by atoms with van der Waals surface area (Å²) in [5, 5.41) is 2.65. The summed E-state index contributed by atoms with van der Waals surface area (Å²) < 4.78 is 5.06. The van der Waals surface area contributed by atoms with E-state index in [2.05, 4.69) is 5.32 Å². The Bertz CT molecular complexity index is 502. The lowest BCUT2D eigenvalue weighted by Crippen LogP contribution is -2.45. The molecule has 1 unspecified atom stereocenters. The molecule has 6 nitrogen and oxygen atoms in total. The molecule has 1 aromatic rings. The van der Waals surface area contributed by atoms with Gasteiger partial charge in [-0.15, -0.1) is 0 Å². The number of carbonyl (C=O) groups is 2. The molecular formula is C14H21N3O3. The summed E-state index contributed by atoms with van der Waals surface area (Å²) >= 11 is 0. The van der Waals surface area contributed by atoms with E-state index in [4.69, 9.17) is 10.5 Å². The third-order valence-corrected chi connectivity index (χ3v) is 3.00. The second-order valence-electron chi connectivity index (χ2n) is 4.54. The highest BCUT2D eigenvalue weighted by Gasteiger charge is 2.19. The van der Waals surface area contributed by atoms with Crippen molar-refractivity contribution in [3.63, 3.8) is 0 Å². The lowest BCUT2D eigenvalue weighted by atomic mass is 10.1. The first-order chi connectivity index (χ1) is 9.38. The van der Waals surface area contributed by atoms with Crippen LogP contribution in [-0.2, 0) is 4.79 Å². The van der Waals surface area contributed by atoms with Crippen LogP contribution in [0.5, 0.6) is 5.75 Å². The zero-order valence-electron chi connectivity index (χ0n) is 12.3. The highest BCUT2D eigenvalue weighted by atomic mass is 16.5. The Kier molecular flexibility index (Phi) is 5.37. The number of nitrogen functional groups attached to an aromatic ring is 1. The van der Waals surface area contributed by atoms with Crippen LogP contribution in [0.4, 0.5) is 5.69 Å². The average Bonchev–Trinajstić information content (AvgIpc) is 2.44. The van der Waals surface area contributed by atoms with E-state index < -0.39 is 6.04 Å². The number of benzene rings is 1. The smallest absolute Gasteiger partial charge is 0.252 e. The minimum Gasteiger partial charge on any atom is -0.497 e. The second-order valence-corrected chi connectivity index (χ2v) is 4.54. The zero-order valence-corrected chi connectivity index (χ0v) is 12.3. The first-order valence-corrected chi connectivity index (χ1v) is 6.39.